The van der Waals surface area contributed by atoms with E-state index in [0.717, 1.165) is 0 Å². The predicted molar refractivity (Wildman–Crippen MR) is 73.2 cm³/mol. The number of carbonyl (C=O) groups excluding carboxylic acids is 1. The molecular weight excluding hydrogens is 316 g/mol. The van der Waals surface area contributed by atoms with Crippen molar-refractivity contribution in [3.63, 3.8) is 0 Å². The van der Waals surface area contributed by atoms with Gasteiger partial charge in [-0.3, -0.25) is 9.48 Å². The van der Waals surface area contributed by atoms with E-state index in [0.29, 0.717) is 36.5 Å². The molecule has 0 aliphatic heterocycles. The molecule has 7 heteroatoms. The van der Waals surface area contributed by atoms with Gasteiger partial charge >= 0.3 is 0 Å². The van der Waals surface area contributed by atoms with E-state index in [2.05, 4.69) is 21.0 Å². The molecule has 1 heterocycles. The average molecular weight is 335 g/mol. The molecule has 6 nitrogen and oxygen atoms in total. The van der Waals surface area contributed by atoms with Crippen molar-refractivity contribution in [2.24, 2.45) is 0 Å². The second-order valence-corrected chi connectivity index (χ2v) is 4.52. The van der Waals surface area contributed by atoms with E-state index in [1.807, 2.05) is 13.8 Å². The molecular formula is C12H19BrN2O4. The summed E-state index contributed by atoms with van der Waals surface area (Å²) < 4.78 is 17.8. The van der Waals surface area contributed by atoms with Gasteiger partial charge in [0.25, 0.3) is 0 Å². The summed E-state index contributed by atoms with van der Waals surface area (Å²) in [5.41, 5.74) is 0.434. The lowest BCUT2D eigenvalue weighted by Gasteiger charge is -2.16. The van der Waals surface area contributed by atoms with Crippen LogP contribution in [0.4, 0.5) is 0 Å². The molecule has 108 valence electrons. The Hall–Kier alpha value is -0.760. The summed E-state index contributed by atoms with van der Waals surface area (Å²) in [5.74, 6) is -0.246. The summed E-state index contributed by atoms with van der Waals surface area (Å²) in [5, 5.41) is 4.13. The largest absolute Gasteiger partial charge is 0.383 e. The molecule has 0 saturated heterocycles. The SMILES string of the molecule is CCOC(OCC)C(=O)c1c(Br)cnn1CCOC. The Morgan fingerprint density at radius 3 is 2.58 bits per heavy atom. The highest BCUT2D eigenvalue weighted by atomic mass is 79.9. The van der Waals surface area contributed by atoms with Crippen LogP contribution in [-0.4, -0.2) is 48.8 Å². The maximum absolute atomic E-state index is 12.4. The first-order valence-electron chi connectivity index (χ1n) is 6.13. The third-order valence-electron chi connectivity index (χ3n) is 2.39. The summed E-state index contributed by atoms with van der Waals surface area (Å²) in [6, 6.07) is 0. The minimum Gasteiger partial charge on any atom is -0.383 e. The van der Waals surface area contributed by atoms with Crippen molar-refractivity contribution in [3.8, 4) is 0 Å². The molecule has 0 atom stereocenters. The fourth-order valence-electron chi connectivity index (χ4n) is 1.57. The molecule has 0 aromatic carbocycles. The van der Waals surface area contributed by atoms with Crippen molar-refractivity contribution in [2.75, 3.05) is 26.9 Å². The molecule has 0 radical (unpaired) electrons. The summed E-state index contributed by atoms with van der Waals surface area (Å²) >= 11 is 3.32. The maximum atomic E-state index is 12.4. The Balaban J connectivity index is 2.92. The zero-order chi connectivity index (χ0) is 14.3. The molecule has 1 rings (SSSR count). The zero-order valence-electron chi connectivity index (χ0n) is 11.4. The van der Waals surface area contributed by atoms with Crippen molar-refractivity contribution in [1.29, 1.82) is 0 Å². The normalized spacial score (nSPS) is 11.2. The van der Waals surface area contributed by atoms with Gasteiger partial charge in [0.15, 0.2) is 0 Å². The molecule has 0 unspecified atom stereocenters. The third kappa shape index (κ3) is 4.38. The molecule has 0 saturated carbocycles. The third-order valence-corrected chi connectivity index (χ3v) is 2.97. The molecule has 0 aliphatic carbocycles. The van der Waals surface area contributed by atoms with Gasteiger partial charge in [0.1, 0.15) is 5.69 Å². The van der Waals surface area contributed by atoms with Crippen molar-refractivity contribution < 1.29 is 19.0 Å². The fraction of sp³-hybridized carbons (Fsp3) is 0.667. The fourth-order valence-corrected chi connectivity index (χ4v) is 2.06. The van der Waals surface area contributed by atoms with Gasteiger partial charge in [0.05, 0.1) is 23.8 Å². The van der Waals surface area contributed by atoms with E-state index in [1.165, 1.54) is 0 Å². The van der Waals surface area contributed by atoms with Crippen LogP contribution in [0.5, 0.6) is 0 Å². The number of carbonyl (C=O) groups is 1. The summed E-state index contributed by atoms with van der Waals surface area (Å²) in [6.45, 7) is 5.41. The van der Waals surface area contributed by atoms with E-state index < -0.39 is 6.29 Å². The molecule has 1 aromatic rings. The number of aromatic nitrogens is 2. The lowest BCUT2D eigenvalue weighted by atomic mass is 10.2. The molecule has 0 bridgehead atoms. The van der Waals surface area contributed by atoms with Gasteiger partial charge in [-0.1, -0.05) is 0 Å². The number of halogens is 1. The number of hydrogen-bond donors (Lipinski definition) is 0. The second kappa shape index (κ2) is 8.42. The lowest BCUT2D eigenvalue weighted by Crippen LogP contribution is -2.30. The minimum absolute atomic E-state index is 0.246. The van der Waals surface area contributed by atoms with Crippen LogP contribution >= 0.6 is 15.9 Å². The predicted octanol–water partition coefficient (Wildman–Crippen LogP) is 1.87. The van der Waals surface area contributed by atoms with Crippen molar-refractivity contribution in [3.05, 3.63) is 16.4 Å². The van der Waals surface area contributed by atoms with Crippen LogP contribution in [0.25, 0.3) is 0 Å². The molecule has 0 spiro atoms. The highest BCUT2D eigenvalue weighted by Crippen LogP contribution is 2.19. The van der Waals surface area contributed by atoms with Crippen LogP contribution in [0.1, 0.15) is 24.3 Å². The summed E-state index contributed by atoms with van der Waals surface area (Å²) in [6.07, 6.45) is 0.682. The zero-order valence-corrected chi connectivity index (χ0v) is 13.0. The standard InChI is InChI=1S/C12H19BrN2O4/c1-4-18-12(19-5-2)11(16)10-9(13)8-14-15(10)6-7-17-3/h8,12H,4-7H2,1-3H3. The minimum atomic E-state index is -0.899. The lowest BCUT2D eigenvalue weighted by molar-refractivity contribution is -0.107. The van der Waals surface area contributed by atoms with Gasteiger partial charge < -0.3 is 14.2 Å². The molecule has 19 heavy (non-hydrogen) atoms. The second-order valence-electron chi connectivity index (χ2n) is 3.66. The smallest absolute Gasteiger partial charge is 0.237 e. The first kappa shape index (κ1) is 16.3. The molecule has 0 amide bonds. The first-order chi connectivity index (χ1) is 9.15. The van der Waals surface area contributed by atoms with Crippen LogP contribution in [0.3, 0.4) is 0 Å². The van der Waals surface area contributed by atoms with Crippen molar-refractivity contribution in [2.45, 2.75) is 26.7 Å². The van der Waals surface area contributed by atoms with Crippen LogP contribution in [-0.2, 0) is 20.8 Å². The van der Waals surface area contributed by atoms with Crippen LogP contribution in [0, 0.1) is 0 Å². The quantitative estimate of drug-likeness (QED) is 0.509. The topological polar surface area (TPSA) is 62.6 Å². The molecule has 0 aliphatic rings. The molecule has 1 aromatic heterocycles. The maximum Gasteiger partial charge on any atom is 0.237 e. The van der Waals surface area contributed by atoms with E-state index >= 15 is 0 Å². The van der Waals surface area contributed by atoms with Gasteiger partial charge in [-0.25, -0.2) is 0 Å². The Kier molecular flexibility index (Phi) is 7.22. The highest BCUT2D eigenvalue weighted by molar-refractivity contribution is 9.10. The van der Waals surface area contributed by atoms with Crippen LogP contribution in [0.15, 0.2) is 10.7 Å². The molecule has 0 fully saturated rings. The van der Waals surface area contributed by atoms with E-state index in [-0.39, 0.29) is 5.78 Å². The summed E-state index contributed by atoms with van der Waals surface area (Å²) in [4.78, 5) is 12.4. The van der Waals surface area contributed by atoms with E-state index in [1.54, 1.807) is 18.0 Å². The number of rotatable bonds is 9. The van der Waals surface area contributed by atoms with Gasteiger partial charge in [-0.05, 0) is 29.8 Å². The average Bonchev–Trinajstić information content (AvgIpc) is 2.76. The number of Topliss-reactive ketones (excluding diaryl/α,β-unsaturated/α-hetero) is 1. The molecule has 0 N–H and O–H groups in total. The number of nitrogens with zero attached hydrogens (tertiary/aromatic N) is 2. The number of methoxy groups -OCH3 is 1. The Labute approximate surface area is 121 Å². The van der Waals surface area contributed by atoms with Crippen LogP contribution in [0.2, 0.25) is 0 Å². The van der Waals surface area contributed by atoms with Gasteiger partial charge in [0.2, 0.25) is 12.1 Å². The monoisotopic (exact) mass is 334 g/mol. The van der Waals surface area contributed by atoms with Crippen molar-refractivity contribution in [1.82, 2.24) is 9.78 Å². The summed E-state index contributed by atoms with van der Waals surface area (Å²) in [7, 11) is 1.60. The number of ether oxygens (including phenoxy) is 3. The van der Waals surface area contributed by atoms with E-state index in [4.69, 9.17) is 14.2 Å². The Bertz CT molecular complexity index is 402. The van der Waals surface area contributed by atoms with E-state index in [9.17, 15) is 4.79 Å². The number of hydrogen-bond acceptors (Lipinski definition) is 5. The Morgan fingerprint density at radius 2 is 2.05 bits per heavy atom. The van der Waals surface area contributed by atoms with Gasteiger partial charge in [0, 0.05) is 20.3 Å². The van der Waals surface area contributed by atoms with Gasteiger partial charge in [-0.15, -0.1) is 0 Å². The first-order valence-corrected chi connectivity index (χ1v) is 6.92. The highest BCUT2D eigenvalue weighted by Gasteiger charge is 2.26. The van der Waals surface area contributed by atoms with Crippen molar-refractivity contribution >= 4 is 21.7 Å². The number of ketones is 1. The Morgan fingerprint density at radius 1 is 1.42 bits per heavy atom. The van der Waals surface area contributed by atoms with Crippen LogP contribution < -0.4 is 0 Å². The van der Waals surface area contributed by atoms with Gasteiger partial charge in [-0.2, -0.15) is 5.10 Å².